The largest absolute Gasteiger partial charge is 0.490 e. The Kier molecular flexibility index (Phi) is 6.83. The molecule has 0 amide bonds. The Bertz CT molecular complexity index is 1490. The highest BCUT2D eigenvalue weighted by molar-refractivity contribution is 5.85. The van der Waals surface area contributed by atoms with Crippen LogP contribution in [0.15, 0.2) is 76.6 Å². The fraction of sp³-hybridized carbons (Fsp3) is 0.222. The highest BCUT2D eigenvalue weighted by Crippen LogP contribution is 2.32. The standard InChI is InChI=1S/C27H25F3N4O2/c1-17(2)36-24-15-21(33(3)4)13-12-19(24)16-31-34-25(18-8-7-9-20(14-18)27(28,29)30)32-23-11-6-5-10-22(23)26(34)35/h5-17H,1-4H3. The second-order valence-corrected chi connectivity index (χ2v) is 8.68. The van der Waals surface area contributed by atoms with E-state index in [-0.39, 0.29) is 17.5 Å². The van der Waals surface area contributed by atoms with E-state index in [2.05, 4.69) is 10.1 Å². The number of hydrogen-bond donors (Lipinski definition) is 0. The number of fused-ring (bicyclic) bond motifs is 1. The molecule has 0 radical (unpaired) electrons. The van der Waals surface area contributed by atoms with Gasteiger partial charge in [0.2, 0.25) is 0 Å². The number of nitrogens with zero attached hydrogens (tertiary/aromatic N) is 4. The zero-order chi connectivity index (χ0) is 26.0. The fourth-order valence-corrected chi connectivity index (χ4v) is 3.64. The van der Waals surface area contributed by atoms with Crippen LogP contribution in [-0.4, -0.2) is 36.1 Å². The van der Waals surface area contributed by atoms with E-state index in [0.29, 0.717) is 22.2 Å². The maximum atomic E-state index is 13.4. The van der Waals surface area contributed by atoms with E-state index in [9.17, 15) is 18.0 Å². The molecule has 9 heteroatoms. The van der Waals surface area contributed by atoms with Gasteiger partial charge in [0.1, 0.15) is 5.75 Å². The molecule has 1 heterocycles. The molecular weight excluding hydrogens is 469 g/mol. The molecule has 0 N–H and O–H groups in total. The first-order chi connectivity index (χ1) is 17.0. The third-order valence-electron chi connectivity index (χ3n) is 5.39. The van der Waals surface area contributed by atoms with Crippen molar-refractivity contribution in [2.75, 3.05) is 19.0 Å². The van der Waals surface area contributed by atoms with Gasteiger partial charge < -0.3 is 9.64 Å². The predicted octanol–water partition coefficient (Wildman–Crippen LogP) is 5.82. The molecule has 4 aromatic rings. The fourth-order valence-electron chi connectivity index (χ4n) is 3.64. The minimum Gasteiger partial charge on any atom is -0.490 e. The van der Waals surface area contributed by atoms with Crippen molar-refractivity contribution < 1.29 is 17.9 Å². The van der Waals surface area contributed by atoms with Gasteiger partial charge in [0, 0.05) is 37.0 Å². The molecule has 1 aromatic heterocycles. The highest BCUT2D eigenvalue weighted by atomic mass is 19.4. The number of halogens is 3. The van der Waals surface area contributed by atoms with E-state index in [1.807, 2.05) is 45.0 Å². The molecule has 3 aromatic carbocycles. The zero-order valence-electron chi connectivity index (χ0n) is 20.2. The Hall–Kier alpha value is -4.14. The first kappa shape index (κ1) is 25.0. The van der Waals surface area contributed by atoms with E-state index in [1.165, 1.54) is 18.3 Å². The molecule has 0 aliphatic heterocycles. The van der Waals surface area contributed by atoms with Crippen molar-refractivity contribution in [2.24, 2.45) is 5.10 Å². The van der Waals surface area contributed by atoms with E-state index < -0.39 is 17.3 Å². The van der Waals surface area contributed by atoms with Crippen molar-refractivity contribution >= 4 is 22.8 Å². The van der Waals surface area contributed by atoms with Crippen LogP contribution in [0.5, 0.6) is 5.75 Å². The summed E-state index contributed by atoms with van der Waals surface area (Å²) in [4.78, 5) is 19.8. The summed E-state index contributed by atoms with van der Waals surface area (Å²) in [6.07, 6.45) is -3.20. The average molecular weight is 495 g/mol. The van der Waals surface area contributed by atoms with Gasteiger partial charge in [-0.05, 0) is 50.2 Å². The number of aromatic nitrogens is 2. The summed E-state index contributed by atoms with van der Waals surface area (Å²) in [7, 11) is 3.81. The average Bonchev–Trinajstić information content (AvgIpc) is 2.83. The SMILES string of the molecule is CC(C)Oc1cc(N(C)C)ccc1C=Nn1c(-c2cccc(C(F)(F)F)c2)nc2ccccc2c1=O. The second-order valence-electron chi connectivity index (χ2n) is 8.68. The molecule has 0 saturated heterocycles. The van der Waals surface area contributed by atoms with E-state index >= 15 is 0 Å². The van der Waals surface area contributed by atoms with Gasteiger partial charge in [-0.1, -0.05) is 24.3 Å². The molecule has 6 nitrogen and oxygen atoms in total. The number of benzene rings is 3. The summed E-state index contributed by atoms with van der Waals surface area (Å²) < 4.78 is 47.1. The lowest BCUT2D eigenvalue weighted by Crippen LogP contribution is -2.20. The van der Waals surface area contributed by atoms with Crippen LogP contribution in [0, 0.1) is 0 Å². The lowest BCUT2D eigenvalue weighted by atomic mass is 10.1. The summed E-state index contributed by atoms with van der Waals surface area (Å²) in [5.41, 5.74) is 0.652. The van der Waals surface area contributed by atoms with Gasteiger partial charge in [0.05, 0.1) is 28.8 Å². The Labute approximate surface area is 206 Å². The topological polar surface area (TPSA) is 59.7 Å². The molecule has 4 rings (SSSR count). The van der Waals surface area contributed by atoms with Gasteiger partial charge >= 0.3 is 6.18 Å². The number of rotatable bonds is 6. The lowest BCUT2D eigenvalue weighted by Gasteiger charge is -2.17. The first-order valence-electron chi connectivity index (χ1n) is 11.3. The van der Waals surface area contributed by atoms with Crippen LogP contribution in [0.1, 0.15) is 25.0 Å². The van der Waals surface area contributed by atoms with Gasteiger partial charge in [-0.15, -0.1) is 0 Å². The molecule has 0 atom stereocenters. The predicted molar refractivity (Wildman–Crippen MR) is 136 cm³/mol. The highest BCUT2D eigenvalue weighted by Gasteiger charge is 2.31. The van der Waals surface area contributed by atoms with Gasteiger partial charge in [-0.25, -0.2) is 4.98 Å². The molecule has 36 heavy (non-hydrogen) atoms. The number of anilines is 1. The maximum Gasteiger partial charge on any atom is 0.416 e. The van der Waals surface area contributed by atoms with Crippen molar-refractivity contribution in [3.63, 3.8) is 0 Å². The first-order valence-corrected chi connectivity index (χ1v) is 11.3. The molecule has 0 saturated carbocycles. The van der Waals surface area contributed by atoms with Crippen molar-refractivity contribution in [3.8, 4) is 17.1 Å². The van der Waals surface area contributed by atoms with E-state index in [0.717, 1.165) is 22.5 Å². The van der Waals surface area contributed by atoms with Crippen molar-refractivity contribution in [1.29, 1.82) is 0 Å². The summed E-state index contributed by atoms with van der Waals surface area (Å²) in [6, 6.07) is 16.9. The Morgan fingerprint density at radius 1 is 1.03 bits per heavy atom. The van der Waals surface area contributed by atoms with Gasteiger partial charge in [0.25, 0.3) is 5.56 Å². The Morgan fingerprint density at radius 2 is 1.78 bits per heavy atom. The number of hydrogen-bond acceptors (Lipinski definition) is 5. The van der Waals surface area contributed by atoms with Crippen LogP contribution in [0.2, 0.25) is 0 Å². The van der Waals surface area contributed by atoms with Crippen LogP contribution in [0.4, 0.5) is 18.9 Å². The molecule has 0 fully saturated rings. The number of para-hydroxylation sites is 1. The molecular formula is C27H25F3N4O2. The summed E-state index contributed by atoms with van der Waals surface area (Å²) in [6.45, 7) is 3.79. The maximum absolute atomic E-state index is 13.4. The third kappa shape index (κ3) is 5.25. The Morgan fingerprint density at radius 3 is 2.47 bits per heavy atom. The molecule has 0 bridgehead atoms. The van der Waals surface area contributed by atoms with E-state index in [1.54, 1.807) is 30.3 Å². The summed E-state index contributed by atoms with van der Waals surface area (Å²) in [5, 5.41) is 4.68. The summed E-state index contributed by atoms with van der Waals surface area (Å²) in [5.74, 6) is 0.555. The monoisotopic (exact) mass is 494 g/mol. The second kappa shape index (κ2) is 9.85. The minimum atomic E-state index is -4.54. The van der Waals surface area contributed by atoms with Crippen LogP contribution < -0.4 is 15.2 Å². The number of alkyl halides is 3. The summed E-state index contributed by atoms with van der Waals surface area (Å²) >= 11 is 0. The van der Waals surface area contributed by atoms with Crippen LogP contribution in [0.25, 0.3) is 22.3 Å². The number of ether oxygens (including phenoxy) is 1. The van der Waals surface area contributed by atoms with Crippen LogP contribution >= 0.6 is 0 Å². The van der Waals surface area contributed by atoms with Gasteiger partial charge in [-0.2, -0.15) is 22.9 Å². The zero-order valence-corrected chi connectivity index (χ0v) is 20.2. The molecule has 0 spiro atoms. The molecule has 0 unspecified atom stereocenters. The smallest absolute Gasteiger partial charge is 0.416 e. The molecule has 186 valence electrons. The molecule has 0 aliphatic rings. The minimum absolute atomic E-state index is 0.00251. The lowest BCUT2D eigenvalue weighted by molar-refractivity contribution is -0.137. The molecule has 0 aliphatic carbocycles. The Balaban J connectivity index is 1.91. The van der Waals surface area contributed by atoms with E-state index in [4.69, 9.17) is 4.74 Å². The van der Waals surface area contributed by atoms with Gasteiger partial charge in [0.15, 0.2) is 5.82 Å². The van der Waals surface area contributed by atoms with Crippen molar-refractivity contribution in [2.45, 2.75) is 26.1 Å². The van der Waals surface area contributed by atoms with Crippen molar-refractivity contribution in [1.82, 2.24) is 9.66 Å². The quantitative estimate of drug-likeness (QED) is 0.317. The third-order valence-corrected chi connectivity index (χ3v) is 5.39. The van der Waals surface area contributed by atoms with Crippen molar-refractivity contribution in [3.05, 3.63) is 88.2 Å². The van der Waals surface area contributed by atoms with Crippen LogP contribution in [0.3, 0.4) is 0 Å². The normalized spacial score (nSPS) is 12.0. The van der Waals surface area contributed by atoms with Gasteiger partial charge in [-0.3, -0.25) is 4.79 Å². The van der Waals surface area contributed by atoms with Crippen LogP contribution in [-0.2, 0) is 6.18 Å².